The predicted octanol–water partition coefficient (Wildman–Crippen LogP) is 0.351. The number of carbonyl (C=O) groups excluding carboxylic acids is 1. The van der Waals surface area contributed by atoms with Gasteiger partial charge in [-0.25, -0.2) is 26.3 Å². The van der Waals surface area contributed by atoms with Crippen molar-refractivity contribution in [2.75, 3.05) is 45.3 Å². The summed E-state index contributed by atoms with van der Waals surface area (Å²) in [4.78, 5) is 15.0. The molecule has 0 saturated carbocycles. The number of hydrogen-bond donors (Lipinski definition) is 2. The Hall–Kier alpha value is -2.51. The van der Waals surface area contributed by atoms with Crippen LogP contribution in [-0.4, -0.2) is 67.4 Å². The molecule has 2 aromatic rings. The smallest absolute Gasteiger partial charge is 0.253 e. The van der Waals surface area contributed by atoms with Crippen molar-refractivity contribution in [2.24, 2.45) is 5.14 Å². The highest BCUT2D eigenvalue weighted by molar-refractivity contribution is 7.89. The van der Waals surface area contributed by atoms with E-state index in [9.17, 15) is 21.6 Å². The normalized spacial score (nSPS) is 15.1. The predicted molar refractivity (Wildman–Crippen MR) is 119 cm³/mol. The van der Waals surface area contributed by atoms with Crippen LogP contribution in [-0.2, 0) is 31.3 Å². The number of nitrogens with one attached hydrogen (secondary N) is 1. The first-order chi connectivity index (χ1) is 15.0. The maximum atomic E-state index is 13.1. The molecule has 10 nitrogen and oxygen atoms in total. The Labute approximate surface area is 188 Å². The van der Waals surface area contributed by atoms with Crippen molar-refractivity contribution in [1.29, 1.82) is 0 Å². The van der Waals surface area contributed by atoms with Gasteiger partial charge in [0, 0.05) is 39.4 Å². The summed E-state index contributed by atoms with van der Waals surface area (Å²) in [5, 5.41) is 7.91. The van der Waals surface area contributed by atoms with Crippen molar-refractivity contribution >= 4 is 31.6 Å². The van der Waals surface area contributed by atoms with Gasteiger partial charge in [0.25, 0.3) is 5.91 Å². The highest BCUT2D eigenvalue weighted by Crippen LogP contribution is 2.26. The fourth-order valence-electron chi connectivity index (χ4n) is 3.26. The molecule has 1 aliphatic rings. The lowest BCUT2D eigenvalue weighted by molar-refractivity contribution is 0.0949. The van der Waals surface area contributed by atoms with E-state index in [-0.39, 0.29) is 21.9 Å². The third-order valence-corrected chi connectivity index (χ3v) is 7.75. The number of nitrogens with zero attached hydrogens (tertiary/aromatic N) is 2. The summed E-state index contributed by atoms with van der Waals surface area (Å²) in [5.41, 5.74) is 1.34. The summed E-state index contributed by atoms with van der Waals surface area (Å²) in [7, 11) is -4.77. The fourth-order valence-corrected chi connectivity index (χ4v) is 4.77. The van der Waals surface area contributed by atoms with Crippen LogP contribution in [0.4, 0.5) is 5.69 Å². The molecular formula is C20H26N4O6S2. The average molecular weight is 483 g/mol. The minimum Gasteiger partial charge on any atom is -0.378 e. The first-order valence-electron chi connectivity index (χ1n) is 9.79. The van der Waals surface area contributed by atoms with Gasteiger partial charge in [-0.3, -0.25) is 4.79 Å². The quantitative estimate of drug-likeness (QED) is 0.580. The van der Waals surface area contributed by atoms with Crippen LogP contribution >= 0.6 is 0 Å². The lowest BCUT2D eigenvalue weighted by Gasteiger charge is -2.30. The van der Waals surface area contributed by atoms with E-state index in [0.29, 0.717) is 37.6 Å². The molecule has 32 heavy (non-hydrogen) atoms. The Bertz CT molecular complexity index is 1210. The molecule has 1 amide bonds. The lowest BCUT2D eigenvalue weighted by atomic mass is 10.1. The van der Waals surface area contributed by atoms with Crippen molar-refractivity contribution in [2.45, 2.75) is 16.3 Å². The van der Waals surface area contributed by atoms with E-state index in [1.807, 2.05) is 4.90 Å². The second-order valence-electron chi connectivity index (χ2n) is 7.44. The van der Waals surface area contributed by atoms with E-state index in [1.54, 1.807) is 12.1 Å². The first-order valence-corrected chi connectivity index (χ1v) is 12.8. The summed E-state index contributed by atoms with van der Waals surface area (Å²) in [6.45, 7) is 2.17. The molecule has 2 aromatic carbocycles. The number of hydrogen-bond acceptors (Lipinski definition) is 7. The molecule has 1 aliphatic heterocycles. The molecule has 12 heteroatoms. The molecule has 1 heterocycles. The molecule has 0 unspecified atom stereocenters. The van der Waals surface area contributed by atoms with Gasteiger partial charge < -0.3 is 15.0 Å². The van der Waals surface area contributed by atoms with E-state index < -0.39 is 26.0 Å². The Morgan fingerprint density at radius 2 is 1.75 bits per heavy atom. The number of anilines is 1. The molecule has 0 radical (unpaired) electrons. The third-order valence-electron chi connectivity index (χ3n) is 5.02. The zero-order valence-corrected chi connectivity index (χ0v) is 19.4. The number of ether oxygens (including phenoxy) is 1. The molecule has 3 N–H and O–H groups in total. The highest BCUT2D eigenvalue weighted by Gasteiger charge is 2.24. The molecular weight excluding hydrogens is 456 g/mol. The fraction of sp³-hybridized carbons (Fsp3) is 0.350. The summed E-state index contributed by atoms with van der Waals surface area (Å²) < 4.78 is 54.8. The molecule has 0 spiro atoms. The van der Waals surface area contributed by atoms with Crippen LogP contribution in [0.3, 0.4) is 0 Å². The molecule has 0 atom stereocenters. The van der Waals surface area contributed by atoms with Gasteiger partial charge in [0.05, 0.1) is 28.6 Å². The second-order valence-corrected chi connectivity index (χ2v) is 11.2. The standard InChI is InChI=1S/C20H26N4O6S2/c1-23(2)32(28,29)17-6-7-19(24-8-10-30-11-9-24)18(13-17)20(25)22-14-15-4-3-5-16(12-15)31(21,26)27/h3-7,12-13H,8-11,14H2,1-2H3,(H,22,25)(H2,21,26,27). The number of rotatable bonds is 7. The number of benzene rings is 2. The van der Waals surface area contributed by atoms with E-state index in [2.05, 4.69) is 5.32 Å². The monoisotopic (exact) mass is 482 g/mol. The Kier molecular flexibility index (Phi) is 7.20. The zero-order valence-electron chi connectivity index (χ0n) is 17.8. The van der Waals surface area contributed by atoms with Crippen LogP contribution in [0.25, 0.3) is 0 Å². The number of nitrogens with two attached hydrogens (primary N) is 1. The number of morpholine rings is 1. The molecule has 1 fully saturated rings. The van der Waals surface area contributed by atoms with Gasteiger partial charge in [0.15, 0.2) is 0 Å². The van der Waals surface area contributed by atoms with Crippen LogP contribution < -0.4 is 15.4 Å². The number of carbonyl (C=O) groups is 1. The zero-order chi connectivity index (χ0) is 23.5. The summed E-state index contributed by atoms with van der Waals surface area (Å²) >= 11 is 0. The average Bonchev–Trinajstić information content (AvgIpc) is 2.77. The number of amides is 1. The van der Waals surface area contributed by atoms with E-state index >= 15 is 0 Å². The first kappa shape index (κ1) is 24.1. The van der Waals surface area contributed by atoms with Gasteiger partial charge in [0.1, 0.15) is 0 Å². The van der Waals surface area contributed by atoms with E-state index in [0.717, 1.165) is 4.31 Å². The highest BCUT2D eigenvalue weighted by atomic mass is 32.2. The molecule has 1 saturated heterocycles. The second kappa shape index (κ2) is 9.55. The van der Waals surface area contributed by atoms with Crippen LogP contribution in [0.15, 0.2) is 52.3 Å². The van der Waals surface area contributed by atoms with Crippen LogP contribution in [0.1, 0.15) is 15.9 Å². The van der Waals surface area contributed by atoms with Gasteiger partial charge in [-0.2, -0.15) is 0 Å². The van der Waals surface area contributed by atoms with Crippen molar-refractivity contribution in [3.8, 4) is 0 Å². The maximum Gasteiger partial charge on any atom is 0.253 e. The largest absolute Gasteiger partial charge is 0.378 e. The maximum absolute atomic E-state index is 13.1. The van der Waals surface area contributed by atoms with Gasteiger partial charge in [-0.05, 0) is 35.9 Å². The van der Waals surface area contributed by atoms with E-state index in [4.69, 9.17) is 9.88 Å². The van der Waals surface area contributed by atoms with Crippen LogP contribution in [0, 0.1) is 0 Å². The number of sulfonamides is 2. The van der Waals surface area contributed by atoms with Crippen molar-refractivity contribution in [1.82, 2.24) is 9.62 Å². The van der Waals surface area contributed by atoms with E-state index in [1.165, 1.54) is 44.4 Å². The number of primary sulfonamides is 1. The molecule has 0 aliphatic carbocycles. The van der Waals surface area contributed by atoms with Crippen LogP contribution in [0.5, 0.6) is 0 Å². The minimum absolute atomic E-state index is 0.000817. The van der Waals surface area contributed by atoms with Crippen molar-refractivity contribution < 1.29 is 26.4 Å². The minimum atomic E-state index is -3.87. The topological polar surface area (TPSA) is 139 Å². The van der Waals surface area contributed by atoms with Gasteiger partial charge in [0.2, 0.25) is 20.0 Å². The lowest BCUT2D eigenvalue weighted by Crippen LogP contribution is -2.38. The summed E-state index contributed by atoms with van der Waals surface area (Å²) in [6.07, 6.45) is 0. The summed E-state index contributed by atoms with van der Waals surface area (Å²) in [5.74, 6) is -0.483. The molecule has 174 valence electrons. The SMILES string of the molecule is CN(C)S(=O)(=O)c1ccc(N2CCOCC2)c(C(=O)NCc2cccc(S(N)(=O)=O)c2)c1. The Morgan fingerprint density at radius 1 is 1.06 bits per heavy atom. The third kappa shape index (κ3) is 5.45. The Balaban J connectivity index is 1.92. The van der Waals surface area contributed by atoms with Crippen molar-refractivity contribution in [3.63, 3.8) is 0 Å². The summed E-state index contributed by atoms with van der Waals surface area (Å²) in [6, 6.07) is 10.4. The Morgan fingerprint density at radius 3 is 2.38 bits per heavy atom. The van der Waals surface area contributed by atoms with Gasteiger partial charge >= 0.3 is 0 Å². The van der Waals surface area contributed by atoms with Crippen molar-refractivity contribution in [3.05, 3.63) is 53.6 Å². The molecule has 0 aromatic heterocycles. The van der Waals surface area contributed by atoms with Crippen LogP contribution in [0.2, 0.25) is 0 Å². The molecule has 3 rings (SSSR count). The molecule has 0 bridgehead atoms. The van der Waals surface area contributed by atoms with Gasteiger partial charge in [-0.15, -0.1) is 0 Å². The van der Waals surface area contributed by atoms with Gasteiger partial charge in [-0.1, -0.05) is 12.1 Å².